The molecule has 2 heterocycles. The van der Waals surface area contributed by atoms with Crippen LogP contribution in [0.2, 0.25) is 0 Å². The van der Waals surface area contributed by atoms with E-state index in [0.717, 1.165) is 43.8 Å². The van der Waals surface area contributed by atoms with Gasteiger partial charge in [-0.05, 0) is 61.4 Å². The summed E-state index contributed by atoms with van der Waals surface area (Å²) in [6.07, 6.45) is 3.63. The Labute approximate surface area is 225 Å². The van der Waals surface area contributed by atoms with E-state index in [9.17, 15) is 0 Å². The number of aromatic nitrogens is 2. The molecule has 5 rings (SSSR count). The average Bonchev–Trinajstić information content (AvgIpc) is 3.34. The highest BCUT2D eigenvalue weighted by Crippen LogP contribution is 2.41. The van der Waals surface area contributed by atoms with Crippen molar-refractivity contribution in [3.8, 4) is 28.5 Å². The van der Waals surface area contributed by atoms with Gasteiger partial charge in [0, 0.05) is 22.5 Å². The van der Waals surface area contributed by atoms with E-state index in [-0.39, 0.29) is 0 Å². The van der Waals surface area contributed by atoms with Gasteiger partial charge in [0.25, 0.3) is 0 Å². The number of hydrogen-bond donors (Lipinski definition) is 0. The number of benzene rings is 3. The summed E-state index contributed by atoms with van der Waals surface area (Å²) in [6, 6.07) is 20.1. The lowest BCUT2D eigenvalue weighted by Crippen LogP contribution is -2.12. The third-order valence-electron chi connectivity index (χ3n) is 6.16. The predicted molar refractivity (Wildman–Crippen MR) is 153 cm³/mol. The van der Waals surface area contributed by atoms with Crippen LogP contribution in [0.3, 0.4) is 0 Å². The Hall–Kier alpha value is -4.43. The molecular weight excluding hydrogens is 496 g/mol. The van der Waals surface area contributed by atoms with Crippen LogP contribution in [0, 0.1) is 13.8 Å². The molecule has 0 saturated heterocycles. The van der Waals surface area contributed by atoms with Gasteiger partial charge in [0.05, 0.1) is 44.4 Å². The van der Waals surface area contributed by atoms with Crippen molar-refractivity contribution in [1.82, 2.24) is 9.66 Å². The first-order valence-electron chi connectivity index (χ1n) is 12.0. The third-order valence-corrected chi connectivity index (χ3v) is 6.98. The number of hydrogen-bond acceptors (Lipinski definition) is 7. The van der Waals surface area contributed by atoms with Gasteiger partial charge in [-0.2, -0.15) is 5.10 Å². The Balaban J connectivity index is 1.68. The van der Waals surface area contributed by atoms with Gasteiger partial charge in [-0.3, -0.25) is 4.98 Å². The summed E-state index contributed by atoms with van der Waals surface area (Å²) in [5.41, 5.74) is 6.80. The molecule has 2 aromatic heterocycles. The summed E-state index contributed by atoms with van der Waals surface area (Å²) in [7, 11) is 4.81. The topological polar surface area (TPSA) is 70.2 Å². The van der Waals surface area contributed by atoms with Crippen LogP contribution >= 0.6 is 11.3 Å². The Kier molecular flexibility index (Phi) is 7.24. The zero-order chi connectivity index (χ0) is 26.6. The third kappa shape index (κ3) is 5.03. The summed E-state index contributed by atoms with van der Waals surface area (Å²) in [5.74, 6) is 1.67. The molecule has 3 aromatic carbocycles. The van der Waals surface area contributed by atoms with Gasteiger partial charge in [0.15, 0.2) is 11.5 Å². The van der Waals surface area contributed by atoms with Gasteiger partial charge >= 0.3 is 0 Å². The fourth-order valence-electron chi connectivity index (χ4n) is 4.25. The molecule has 0 unspecified atom stereocenters. The Morgan fingerprint density at radius 2 is 1.68 bits per heavy atom. The lowest BCUT2D eigenvalue weighted by Gasteiger charge is -2.14. The van der Waals surface area contributed by atoms with Gasteiger partial charge in [-0.15, -0.1) is 11.3 Å². The van der Waals surface area contributed by atoms with Crippen molar-refractivity contribution in [2.45, 2.75) is 13.8 Å². The lowest BCUT2D eigenvalue weighted by molar-refractivity contribution is 0.324. The first kappa shape index (κ1) is 25.2. The van der Waals surface area contributed by atoms with Crippen LogP contribution in [-0.2, 0) is 0 Å². The van der Waals surface area contributed by atoms with Crippen LogP contribution < -0.4 is 19.0 Å². The Morgan fingerprint density at radius 1 is 0.895 bits per heavy atom. The second kappa shape index (κ2) is 10.9. The molecule has 0 atom stereocenters. The van der Waals surface area contributed by atoms with Gasteiger partial charge < -0.3 is 14.2 Å². The highest BCUT2D eigenvalue weighted by molar-refractivity contribution is 7.07. The maximum atomic E-state index is 5.60. The van der Waals surface area contributed by atoms with Crippen LogP contribution in [0.1, 0.15) is 16.7 Å². The second-order valence-electron chi connectivity index (χ2n) is 8.73. The molecule has 0 aliphatic heterocycles. The number of aryl methyl sites for hydroxylation is 2. The van der Waals surface area contributed by atoms with E-state index >= 15 is 0 Å². The predicted octanol–water partition coefficient (Wildman–Crippen LogP) is 6.52. The minimum absolute atomic E-state index is 0.536. The second-order valence-corrected chi connectivity index (χ2v) is 9.57. The number of fused-ring (bicyclic) bond motifs is 1. The molecule has 0 N–H and O–H groups in total. The number of nitrogens with zero attached hydrogens (tertiary/aromatic N) is 4. The van der Waals surface area contributed by atoms with E-state index in [2.05, 4.69) is 37.0 Å². The number of thiazole rings is 1. The summed E-state index contributed by atoms with van der Waals surface area (Å²) in [4.78, 5) is 10.1. The fourth-order valence-corrected chi connectivity index (χ4v) is 5.10. The van der Waals surface area contributed by atoms with Crippen LogP contribution in [0.25, 0.3) is 22.2 Å². The monoisotopic (exact) mass is 524 g/mol. The van der Waals surface area contributed by atoms with Gasteiger partial charge in [-0.1, -0.05) is 29.8 Å². The van der Waals surface area contributed by atoms with Gasteiger partial charge in [-0.25, -0.2) is 9.67 Å². The van der Waals surface area contributed by atoms with E-state index < -0.39 is 0 Å². The SMILES string of the molecule is COc1cc(-c2csc(=Nc3ccc(C)cc3C)n2N=Cc2ccc3ncccc3c2)cc(OC)c1OC. The minimum Gasteiger partial charge on any atom is -0.493 e. The summed E-state index contributed by atoms with van der Waals surface area (Å²) < 4.78 is 18.6. The van der Waals surface area contributed by atoms with E-state index in [1.807, 2.05) is 58.7 Å². The van der Waals surface area contributed by atoms with Crippen molar-refractivity contribution in [2.75, 3.05) is 21.3 Å². The number of ether oxygens (including phenoxy) is 3. The average molecular weight is 525 g/mol. The van der Waals surface area contributed by atoms with Crippen LogP contribution in [-0.4, -0.2) is 37.2 Å². The Morgan fingerprint density at radius 3 is 2.39 bits per heavy atom. The van der Waals surface area contributed by atoms with E-state index in [4.69, 9.17) is 24.3 Å². The van der Waals surface area contributed by atoms with Crippen LogP contribution in [0.15, 0.2) is 82.3 Å². The van der Waals surface area contributed by atoms with Crippen molar-refractivity contribution in [3.63, 3.8) is 0 Å². The number of methoxy groups -OCH3 is 3. The van der Waals surface area contributed by atoms with Gasteiger partial charge in [0.1, 0.15) is 0 Å². The summed E-state index contributed by atoms with van der Waals surface area (Å²) >= 11 is 1.51. The quantitative estimate of drug-likeness (QED) is 0.227. The zero-order valence-corrected chi connectivity index (χ0v) is 22.7. The molecule has 0 aliphatic carbocycles. The number of rotatable bonds is 7. The first-order valence-corrected chi connectivity index (χ1v) is 12.9. The Bertz CT molecular complexity index is 1690. The smallest absolute Gasteiger partial charge is 0.211 e. The summed E-state index contributed by atoms with van der Waals surface area (Å²) in [6.45, 7) is 4.14. The molecule has 0 saturated carbocycles. The van der Waals surface area contributed by atoms with E-state index in [0.29, 0.717) is 17.2 Å². The molecule has 0 amide bonds. The van der Waals surface area contributed by atoms with Crippen LogP contribution in [0.5, 0.6) is 17.2 Å². The molecule has 0 bridgehead atoms. The molecule has 192 valence electrons. The van der Waals surface area contributed by atoms with Crippen molar-refractivity contribution < 1.29 is 14.2 Å². The molecule has 0 aliphatic rings. The van der Waals surface area contributed by atoms with Crippen molar-refractivity contribution in [2.24, 2.45) is 10.1 Å². The van der Waals surface area contributed by atoms with Crippen molar-refractivity contribution in [3.05, 3.63) is 93.7 Å². The summed E-state index contributed by atoms with van der Waals surface area (Å²) in [5, 5.41) is 7.98. The molecular formula is C30H28N4O3S. The number of pyridine rings is 1. The highest BCUT2D eigenvalue weighted by Gasteiger charge is 2.17. The standard InChI is InChI=1S/C30H28N4O3S/c1-19-8-10-24(20(2)13-19)33-30-34(32-17-21-9-11-25-22(14-21)7-6-12-31-25)26(18-38-30)23-15-27(35-3)29(37-5)28(16-23)36-4/h6-18H,1-5H3. The largest absolute Gasteiger partial charge is 0.493 e. The van der Waals surface area contributed by atoms with E-state index in [1.165, 1.54) is 16.9 Å². The molecule has 8 heteroatoms. The fraction of sp³-hybridized carbons (Fsp3) is 0.167. The van der Waals surface area contributed by atoms with Crippen molar-refractivity contribution >= 4 is 34.1 Å². The molecule has 38 heavy (non-hydrogen) atoms. The molecule has 0 radical (unpaired) electrons. The zero-order valence-electron chi connectivity index (χ0n) is 21.9. The molecule has 5 aromatic rings. The highest BCUT2D eigenvalue weighted by atomic mass is 32.1. The molecule has 7 nitrogen and oxygen atoms in total. The minimum atomic E-state index is 0.536. The first-order chi connectivity index (χ1) is 18.5. The van der Waals surface area contributed by atoms with Crippen LogP contribution in [0.4, 0.5) is 5.69 Å². The normalized spacial score (nSPS) is 11.9. The van der Waals surface area contributed by atoms with E-state index in [1.54, 1.807) is 27.5 Å². The van der Waals surface area contributed by atoms with Crippen molar-refractivity contribution in [1.29, 1.82) is 0 Å². The maximum Gasteiger partial charge on any atom is 0.211 e. The molecule has 0 fully saturated rings. The maximum absolute atomic E-state index is 5.60. The molecule has 0 spiro atoms. The lowest BCUT2D eigenvalue weighted by atomic mass is 10.1. The van der Waals surface area contributed by atoms with Gasteiger partial charge in [0.2, 0.25) is 10.6 Å².